The van der Waals surface area contributed by atoms with Crippen LogP contribution in [0.5, 0.6) is 0 Å². The number of alkyl halides is 2. The number of methoxy groups -OCH3 is 1. The molecule has 1 aliphatic rings. The van der Waals surface area contributed by atoms with Crippen LogP contribution in [0.2, 0.25) is 0 Å². The number of nitrogens with one attached hydrogen (secondary N) is 1. The van der Waals surface area contributed by atoms with Gasteiger partial charge in [-0.3, -0.25) is 4.79 Å². The Morgan fingerprint density at radius 2 is 2.42 bits per heavy atom. The first-order valence-electron chi connectivity index (χ1n) is 3.71. The zero-order chi connectivity index (χ0) is 9.19. The lowest BCUT2D eigenvalue weighted by Gasteiger charge is -2.15. The summed E-state index contributed by atoms with van der Waals surface area (Å²) in [7, 11) is 1.20. The van der Waals surface area contributed by atoms with Crippen LogP contribution in [-0.2, 0) is 9.53 Å². The summed E-state index contributed by atoms with van der Waals surface area (Å²) in [6.07, 6.45) is -0.212. The molecule has 0 aromatic heterocycles. The topological polar surface area (TPSA) is 38.3 Å². The van der Waals surface area contributed by atoms with Crippen molar-refractivity contribution in [3.8, 4) is 0 Å². The fourth-order valence-electron chi connectivity index (χ4n) is 1.21. The minimum absolute atomic E-state index is 0.183. The molecule has 0 radical (unpaired) electrons. The molecular formula is C7H11F2NO2. The van der Waals surface area contributed by atoms with Gasteiger partial charge in [0.2, 0.25) is 0 Å². The van der Waals surface area contributed by atoms with Gasteiger partial charge in [0.15, 0.2) is 0 Å². The molecule has 12 heavy (non-hydrogen) atoms. The molecule has 0 amide bonds. The van der Waals surface area contributed by atoms with E-state index in [0.29, 0.717) is 0 Å². The van der Waals surface area contributed by atoms with Gasteiger partial charge in [-0.05, 0) is 0 Å². The predicted molar refractivity (Wildman–Crippen MR) is 37.9 cm³/mol. The van der Waals surface area contributed by atoms with Crippen LogP contribution < -0.4 is 5.32 Å². The molecule has 1 saturated heterocycles. The highest BCUT2D eigenvalue weighted by atomic mass is 19.3. The zero-order valence-electron chi connectivity index (χ0n) is 6.77. The van der Waals surface area contributed by atoms with Gasteiger partial charge < -0.3 is 10.1 Å². The summed E-state index contributed by atoms with van der Waals surface area (Å²) in [6.45, 7) is -0.156. The van der Waals surface area contributed by atoms with Crippen LogP contribution in [0.3, 0.4) is 0 Å². The maximum Gasteiger partial charge on any atom is 0.306 e. The highest BCUT2D eigenvalue weighted by Crippen LogP contribution is 2.30. The zero-order valence-corrected chi connectivity index (χ0v) is 6.77. The normalized spacial score (nSPS) is 27.1. The van der Waals surface area contributed by atoms with Crippen LogP contribution in [0.4, 0.5) is 8.78 Å². The standard InChI is InChI=1S/C7H11F2NO2/c1-12-6(11)2-5-3-10-4-7(5,8)9/h5,10H,2-4H2,1H3. The van der Waals surface area contributed by atoms with Gasteiger partial charge in [0.1, 0.15) is 0 Å². The summed E-state index contributed by atoms with van der Waals surface area (Å²) >= 11 is 0. The van der Waals surface area contributed by atoms with Gasteiger partial charge in [-0.15, -0.1) is 0 Å². The van der Waals surface area contributed by atoms with Gasteiger partial charge in [-0.1, -0.05) is 0 Å². The van der Waals surface area contributed by atoms with Crippen molar-refractivity contribution in [1.29, 1.82) is 0 Å². The molecule has 0 aliphatic carbocycles. The summed E-state index contributed by atoms with van der Waals surface area (Å²) in [5.41, 5.74) is 0. The van der Waals surface area contributed by atoms with E-state index in [2.05, 4.69) is 10.1 Å². The number of ether oxygens (including phenoxy) is 1. The van der Waals surface area contributed by atoms with Gasteiger partial charge >= 0.3 is 5.97 Å². The average Bonchev–Trinajstić information content (AvgIpc) is 2.31. The van der Waals surface area contributed by atoms with Crippen molar-refractivity contribution in [3.05, 3.63) is 0 Å². The van der Waals surface area contributed by atoms with E-state index in [-0.39, 0.29) is 19.5 Å². The molecule has 70 valence electrons. The molecule has 3 nitrogen and oxygen atoms in total. The van der Waals surface area contributed by atoms with Crippen molar-refractivity contribution >= 4 is 5.97 Å². The smallest absolute Gasteiger partial charge is 0.306 e. The molecule has 5 heteroatoms. The highest BCUT2D eigenvalue weighted by Gasteiger charge is 2.44. The molecular weight excluding hydrogens is 168 g/mol. The molecule has 1 unspecified atom stereocenters. The summed E-state index contributed by atoms with van der Waals surface area (Å²) in [5.74, 6) is -4.26. The minimum atomic E-state index is -2.77. The van der Waals surface area contributed by atoms with Gasteiger partial charge in [-0.2, -0.15) is 0 Å². The first-order valence-corrected chi connectivity index (χ1v) is 3.71. The maximum absolute atomic E-state index is 12.8. The van der Waals surface area contributed by atoms with Crippen LogP contribution in [-0.4, -0.2) is 32.1 Å². The molecule has 0 saturated carbocycles. The van der Waals surface area contributed by atoms with Crippen LogP contribution in [0, 0.1) is 5.92 Å². The minimum Gasteiger partial charge on any atom is -0.469 e. The first-order chi connectivity index (χ1) is 5.56. The SMILES string of the molecule is COC(=O)CC1CNCC1(F)F. The van der Waals surface area contributed by atoms with Gasteiger partial charge in [-0.25, -0.2) is 8.78 Å². The molecule has 1 rings (SSSR count). The summed E-state index contributed by atoms with van der Waals surface area (Å²) < 4.78 is 30.0. The number of hydrogen-bond donors (Lipinski definition) is 1. The van der Waals surface area contributed by atoms with Gasteiger partial charge in [0.25, 0.3) is 5.92 Å². The maximum atomic E-state index is 12.8. The Kier molecular flexibility index (Phi) is 2.62. The van der Waals surface area contributed by atoms with Crippen molar-refractivity contribution < 1.29 is 18.3 Å². The third-order valence-electron chi connectivity index (χ3n) is 1.99. The number of carbonyl (C=O) groups excluding carboxylic acids is 1. The number of esters is 1. The van der Waals surface area contributed by atoms with Crippen molar-refractivity contribution in [3.63, 3.8) is 0 Å². The van der Waals surface area contributed by atoms with E-state index in [1.54, 1.807) is 0 Å². The van der Waals surface area contributed by atoms with Gasteiger partial charge in [0, 0.05) is 12.5 Å². The molecule has 0 aromatic carbocycles. The van der Waals surface area contributed by atoms with E-state index in [1.807, 2.05) is 0 Å². The van der Waals surface area contributed by atoms with E-state index in [9.17, 15) is 13.6 Å². The van der Waals surface area contributed by atoms with Crippen LogP contribution >= 0.6 is 0 Å². The van der Waals surface area contributed by atoms with E-state index < -0.39 is 17.8 Å². The van der Waals surface area contributed by atoms with E-state index in [1.165, 1.54) is 7.11 Å². The third kappa shape index (κ3) is 1.91. The summed E-state index contributed by atoms with van der Waals surface area (Å²) in [5, 5.41) is 2.53. The van der Waals surface area contributed by atoms with Crippen molar-refractivity contribution in [2.24, 2.45) is 5.92 Å². The highest BCUT2D eigenvalue weighted by molar-refractivity contribution is 5.69. The molecule has 1 aliphatic heterocycles. The Morgan fingerprint density at radius 3 is 2.83 bits per heavy atom. The number of carbonyl (C=O) groups is 1. The lowest BCUT2D eigenvalue weighted by atomic mass is 10.0. The lowest BCUT2D eigenvalue weighted by Crippen LogP contribution is -2.28. The lowest BCUT2D eigenvalue weighted by molar-refractivity contribution is -0.144. The second-order valence-corrected chi connectivity index (χ2v) is 2.87. The van der Waals surface area contributed by atoms with Crippen LogP contribution in [0.15, 0.2) is 0 Å². The molecule has 1 fully saturated rings. The Morgan fingerprint density at radius 1 is 1.75 bits per heavy atom. The van der Waals surface area contributed by atoms with Crippen molar-refractivity contribution in [2.45, 2.75) is 12.3 Å². The Hall–Kier alpha value is -0.710. The molecule has 0 spiro atoms. The second-order valence-electron chi connectivity index (χ2n) is 2.87. The molecule has 0 aromatic rings. The largest absolute Gasteiger partial charge is 0.469 e. The summed E-state index contributed by atoms with van der Waals surface area (Å²) in [4.78, 5) is 10.7. The Bertz CT molecular complexity index is 184. The monoisotopic (exact) mass is 179 g/mol. The van der Waals surface area contributed by atoms with E-state index in [4.69, 9.17) is 0 Å². The van der Waals surface area contributed by atoms with Crippen LogP contribution in [0.1, 0.15) is 6.42 Å². The van der Waals surface area contributed by atoms with Crippen LogP contribution in [0.25, 0.3) is 0 Å². The van der Waals surface area contributed by atoms with Crippen molar-refractivity contribution in [2.75, 3.05) is 20.2 Å². The fraction of sp³-hybridized carbons (Fsp3) is 0.857. The molecule has 1 N–H and O–H groups in total. The van der Waals surface area contributed by atoms with Crippen molar-refractivity contribution in [1.82, 2.24) is 5.32 Å². The Balaban J connectivity index is 2.47. The second kappa shape index (κ2) is 3.35. The number of hydrogen-bond acceptors (Lipinski definition) is 3. The van der Waals surface area contributed by atoms with E-state index >= 15 is 0 Å². The molecule has 1 atom stereocenters. The Labute approximate surface area is 69.1 Å². The average molecular weight is 179 g/mol. The molecule has 0 bridgehead atoms. The number of rotatable bonds is 2. The first kappa shape index (κ1) is 9.38. The molecule has 1 heterocycles. The van der Waals surface area contributed by atoms with Gasteiger partial charge in [0.05, 0.1) is 20.1 Å². The fourth-order valence-corrected chi connectivity index (χ4v) is 1.21. The van der Waals surface area contributed by atoms with E-state index in [0.717, 1.165) is 0 Å². The quantitative estimate of drug-likeness (QED) is 0.624. The predicted octanol–water partition coefficient (Wildman–Crippen LogP) is 0.404. The third-order valence-corrected chi connectivity index (χ3v) is 1.99. The number of halogens is 2. The summed E-state index contributed by atoms with van der Waals surface area (Å²) in [6, 6.07) is 0.